The number of aromatic nitrogens is 2. The molecule has 3 aromatic carbocycles. The fourth-order valence-corrected chi connectivity index (χ4v) is 9.25. The second-order valence-electron chi connectivity index (χ2n) is 10.3. The maximum absolute atomic E-state index is 4.99. The van der Waals surface area contributed by atoms with E-state index in [2.05, 4.69) is 144 Å². The summed E-state index contributed by atoms with van der Waals surface area (Å²) in [5.74, 6) is 0. The quantitative estimate of drug-likeness (QED) is 0.161. The van der Waals surface area contributed by atoms with Gasteiger partial charge in [-0.05, 0) is 82.6 Å². The first kappa shape index (κ1) is 28.2. The summed E-state index contributed by atoms with van der Waals surface area (Å²) in [6.07, 6.45) is 8.81. The standard InChI is InChI=1S/C38H24N2S5/c1-3-9-25(10-4-1)33-34(26-11-5-2-6-12-26)36(32-22-20-30(44-32)18-16-28-14-8-24-42-28)38-37(39-45-40-38)35(33)31-21-19-29(43-31)17-15-27-13-7-23-41-27/h1-24H/b17-15+,18-16+. The number of benzene rings is 3. The molecule has 0 radical (unpaired) electrons. The Hall–Kier alpha value is -4.24. The Morgan fingerprint density at radius 1 is 0.400 bits per heavy atom. The number of hydrogen-bond donors (Lipinski definition) is 0. The Labute approximate surface area is 281 Å². The zero-order chi connectivity index (χ0) is 30.0. The summed E-state index contributed by atoms with van der Waals surface area (Å²) in [4.78, 5) is 7.28. The molecule has 0 unspecified atom stereocenters. The van der Waals surface area contributed by atoms with Crippen molar-refractivity contribution in [3.63, 3.8) is 0 Å². The molecule has 0 aliphatic carbocycles. The van der Waals surface area contributed by atoms with E-state index in [-0.39, 0.29) is 0 Å². The van der Waals surface area contributed by atoms with Gasteiger partial charge in [-0.2, -0.15) is 8.75 Å². The Morgan fingerprint density at radius 3 is 1.27 bits per heavy atom. The van der Waals surface area contributed by atoms with Crippen molar-refractivity contribution < 1.29 is 0 Å². The lowest BCUT2D eigenvalue weighted by molar-refractivity contribution is 1.57. The molecule has 0 spiro atoms. The van der Waals surface area contributed by atoms with Gasteiger partial charge in [0, 0.05) is 51.5 Å². The first-order valence-electron chi connectivity index (χ1n) is 14.4. The molecule has 0 saturated heterocycles. The Kier molecular flexibility index (Phi) is 7.93. The van der Waals surface area contributed by atoms with Crippen molar-refractivity contribution >= 4 is 92.4 Å². The highest BCUT2D eigenvalue weighted by molar-refractivity contribution is 7.17. The van der Waals surface area contributed by atoms with Crippen molar-refractivity contribution in [2.45, 2.75) is 0 Å². The maximum Gasteiger partial charge on any atom is 0.114 e. The predicted octanol–water partition coefficient (Wildman–Crippen LogP) is 12.9. The third kappa shape index (κ3) is 5.70. The Morgan fingerprint density at radius 2 is 0.844 bits per heavy atom. The van der Waals surface area contributed by atoms with Gasteiger partial charge in [0.05, 0.1) is 11.7 Å². The first-order chi connectivity index (χ1) is 22.3. The molecule has 8 rings (SSSR count). The molecule has 5 heterocycles. The van der Waals surface area contributed by atoms with Crippen LogP contribution in [0.3, 0.4) is 0 Å². The SMILES string of the molecule is C(=C\c1ccc(-c2c(-c3ccccc3)c(-c3ccccc3)c(-c3ccc(/C=C/c4cccs4)s3)c3nsnc23)s1)/c1cccs1. The molecule has 45 heavy (non-hydrogen) atoms. The van der Waals surface area contributed by atoms with Gasteiger partial charge in [-0.3, -0.25) is 0 Å². The van der Waals surface area contributed by atoms with Crippen LogP contribution in [0, 0.1) is 0 Å². The van der Waals surface area contributed by atoms with Crippen LogP contribution in [0.15, 0.2) is 120 Å². The van der Waals surface area contributed by atoms with Crippen molar-refractivity contribution in [1.82, 2.24) is 8.75 Å². The zero-order valence-corrected chi connectivity index (χ0v) is 27.9. The van der Waals surface area contributed by atoms with Crippen LogP contribution in [0.5, 0.6) is 0 Å². The van der Waals surface area contributed by atoms with Crippen LogP contribution in [0.2, 0.25) is 0 Å². The molecule has 216 valence electrons. The summed E-state index contributed by atoms with van der Waals surface area (Å²) in [5, 5.41) is 4.22. The fraction of sp³-hybridized carbons (Fsp3) is 0. The van der Waals surface area contributed by atoms with E-state index in [4.69, 9.17) is 8.75 Å². The van der Waals surface area contributed by atoms with E-state index >= 15 is 0 Å². The van der Waals surface area contributed by atoms with E-state index < -0.39 is 0 Å². The van der Waals surface area contributed by atoms with Gasteiger partial charge in [-0.1, -0.05) is 72.8 Å². The third-order valence-electron chi connectivity index (χ3n) is 7.49. The summed E-state index contributed by atoms with van der Waals surface area (Å²) in [6, 6.07) is 38.9. The molecule has 0 amide bonds. The average molecular weight is 669 g/mol. The molecule has 0 bridgehead atoms. The second kappa shape index (κ2) is 12.6. The van der Waals surface area contributed by atoms with Crippen molar-refractivity contribution in [3.8, 4) is 43.1 Å². The number of hydrogen-bond acceptors (Lipinski definition) is 7. The van der Waals surface area contributed by atoms with Gasteiger partial charge in [-0.15, -0.1) is 45.3 Å². The van der Waals surface area contributed by atoms with Crippen LogP contribution in [0.1, 0.15) is 19.5 Å². The molecular formula is C38H24N2S5. The summed E-state index contributed by atoms with van der Waals surface area (Å²) in [6.45, 7) is 0. The van der Waals surface area contributed by atoms with Gasteiger partial charge in [0.15, 0.2) is 0 Å². The topological polar surface area (TPSA) is 25.8 Å². The van der Waals surface area contributed by atoms with Gasteiger partial charge in [0.2, 0.25) is 0 Å². The molecule has 7 heteroatoms. The molecule has 0 N–H and O–H groups in total. The highest BCUT2D eigenvalue weighted by Gasteiger charge is 2.27. The first-order valence-corrected chi connectivity index (χ1v) is 18.5. The zero-order valence-electron chi connectivity index (χ0n) is 23.8. The molecule has 0 saturated carbocycles. The lowest BCUT2D eigenvalue weighted by Gasteiger charge is -2.20. The molecule has 5 aromatic heterocycles. The third-order valence-corrected chi connectivity index (χ3v) is 11.8. The molecular weight excluding hydrogens is 645 g/mol. The normalized spacial score (nSPS) is 11.8. The van der Waals surface area contributed by atoms with Gasteiger partial charge in [-0.25, -0.2) is 0 Å². The number of rotatable bonds is 8. The molecule has 2 nitrogen and oxygen atoms in total. The van der Waals surface area contributed by atoms with E-state index in [0.29, 0.717) is 0 Å². The lowest BCUT2D eigenvalue weighted by atomic mass is 9.84. The molecule has 8 aromatic rings. The number of thiophene rings is 4. The fourth-order valence-electron chi connectivity index (χ4n) is 5.52. The molecule has 0 aliphatic heterocycles. The largest absolute Gasteiger partial charge is 0.172 e. The minimum atomic E-state index is 0.952. The van der Waals surface area contributed by atoms with Crippen molar-refractivity contribution in [3.05, 3.63) is 139 Å². The Bertz CT molecular complexity index is 2090. The van der Waals surface area contributed by atoms with Crippen LogP contribution in [-0.2, 0) is 0 Å². The van der Waals surface area contributed by atoms with Crippen LogP contribution in [-0.4, -0.2) is 8.75 Å². The van der Waals surface area contributed by atoms with Crippen LogP contribution >= 0.6 is 57.1 Å². The van der Waals surface area contributed by atoms with Crippen LogP contribution in [0.25, 0.3) is 78.5 Å². The monoisotopic (exact) mass is 668 g/mol. The summed E-state index contributed by atoms with van der Waals surface area (Å²) >= 11 is 8.39. The molecule has 0 fully saturated rings. The van der Waals surface area contributed by atoms with Crippen molar-refractivity contribution in [1.29, 1.82) is 0 Å². The second-order valence-corrected chi connectivity index (χ2v) is 15.0. The minimum absolute atomic E-state index is 0.952. The van der Waals surface area contributed by atoms with Crippen LogP contribution < -0.4 is 0 Å². The van der Waals surface area contributed by atoms with E-state index in [1.54, 1.807) is 45.3 Å². The van der Waals surface area contributed by atoms with Gasteiger partial charge < -0.3 is 0 Å². The van der Waals surface area contributed by atoms with E-state index in [1.165, 1.54) is 63.2 Å². The summed E-state index contributed by atoms with van der Waals surface area (Å²) < 4.78 is 9.98. The minimum Gasteiger partial charge on any atom is -0.172 e. The van der Waals surface area contributed by atoms with Crippen molar-refractivity contribution in [2.24, 2.45) is 0 Å². The molecule has 0 aliphatic rings. The van der Waals surface area contributed by atoms with E-state index in [1.807, 2.05) is 0 Å². The van der Waals surface area contributed by atoms with Gasteiger partial charge >= 0.3 is 0 Å². The lowest BCUT2D eigenvalue weighted by Crippen LogP contribution is -1.95. The van der Waals surface area contributed by atoms with E-state index in [0.717, 1.165) is 22.2 Å². The maximum atomic E-state index is 4.99. The predicted molar refractivity (Wildman–Crippen MR) is 201 cm³/mol. The van der Waals surface area contributed by atoms with E-state index in [9.17, 15) is 0 Å². The number of nitrogens with zero attached hydrogens (tertiary/aromatic N) is 2. The highest BCUT2D eigenvalue weighted by Crippen LogP contribution is 2.52. The van der Waals surface area contributed by atoms with Crippen molar-refractivity contribution in [2.75, 3.05) is 0 Å². The van der Waals surface area contributed by atoms with Gasteiger partial charge in [0.1, 0.15) is 11.0 Å². The summed E-state index contributed by atoms with van der Waals surface area (Å²) in [5.41, 5.74) is 8.90. The average Bonchev–Trinajstić information content (AvgIpc) is 3.93. The summed E-state index contributed by atoms with van der Waals surface area (Å²) in [7, 11) is 0. The highest BCUT2D eigenvalue weighted by atomic mass is 32.1. The Balaban J connectivity index is 1.38. The van der Waals surface area contributed by atoms with Crippen LogP contribution in [0.4, 0.5) is 0 Å². The number of fused-ring (bicyclic) bond motifs is 1. The van der Waals surface area contributed by atoms with Gasteiger partial charge in [0.25, 0.3) is 0 Å². The smallest absolute Gasteiger partial charge is 0.114 e. The molecule has 0 atom stereocenters.